The zero-order chi connectivity index (χ0) is 18.4. The van der Waals surface area contributed by atoms with Crippen LogP contribution in [0.25, 0.3) is 0 Å². The third kappa shape index (κ3) is 3.29. The number of methoxy groups -OCH3 is 1. The molecule has 0 radical (unpaired) electrons. The van der Waals surface area contributed by atoms with Crippen molar-refractivity contribution in [2.24, 2.45) is 0 Å². The van der Waals surface area contributed by atoms with Gasteiger partial charge in [-0.1, -0.05) is 30.3 Å². The number of rotatable bonds is 5. The molecule has 0 spiro atoms. The van der Waals surface area contributed by atoms with E-state index < -0.39 is 33.8 Å². The van der Waals surface area contributed by atoms with Gasteiger partial charge >= 0.3 is 35.5 Å². The normalized spacial score (nSPS) is 28.6. The molecule has 1 aromatic rings. The number of ether oxygens (including phenoxy) is 1. The Morgan fingerprint density at radius 2 is 1.96 bits per heavy atom. The minimum Gasteiger partial charge on any atom is -1.00 e. The van der Waals surface area contributed by atoms with Gasteiger partial charge in [-0.05, 0) is 19.4 Å². The van der Waals surface area contributed by atoms with Crippen LogP contribution in [-0.2, 0) is 25.5 Å². The minimum absolute atomic E-state index is 0. The van der Waals surface area contributed by atoms with E-state index in [4.69, 9.17) is 4.74 Å². The van der Waals surface area contributed by atoms with Crippen LogP contribution in [-0.4, -0.2) is 56.8 Å². The van der Waals surface area contributed by atoms with Gasteiger partial charge in [-0.25, -0.2) is 4.79 Å². The second-order valence-electron chi connectivity index (χ2n) is 6.68. The van der Waals surface area contributed by atoms with Crippen LogP contribution in [0.5, 0.6) is 0 Å². The fourth-order valence-corrected chi connectivity index (χ4v) is 5.09. The SMILES string of the molecule is CO[C@@]1(NC(=O)Cc2ccccc2)C(=O)N2[C@@H](C(=O)O)C(C)(C)S[C@@H]21.[H-].[Na+]. The van der Waals surface area contributed by atoms with Crippen molar-refractivity contribution in [1.29, 1.82) is 0 Å². The maximum absolute atomic E-state index is 12.7. The molecule has 2 fully saturated rings. The van der Waals surface area contributed by atoms with Crippen molar-refractivity contribution in [3.05, 3.63) is 35.9 Å². The van der Waals surface area contributed by atoms with Crippen LogP contribution in [0.15, 0.2) is 30.3 Å². The smallest absolute Gasteiger partial charge is 1.00 e. The fraction of sp³-hybridized carbons (Fsp3) is 0.471. The standard InChI is InChI=1S/C17H20N2O5S.Na.H/c1-16(2)12(13(21)22)19-14(23)17(24-3,15(19)25-16)18-11(20)9-10-7-5-4-6-8-10;;/h4-8,12,15H,9H2,1-3H3,(H,18,20)(H,21,22);;/q;+1;-1/t12-,15+,17-;;/m0../s1. The van der Waals surface area contributed by atoms with E-state index in [0.29, 0.717) is 0 Å². The second-order valence-corrected chi connectivity index (χ2v) is 8.41. The Morgan fingerprint density at radius 3 is 2.50 bits per heavy atom. The Morgan fingerprint density at radius 1 is 1.35 bits per heavy atom. The van der Waals surface area contributed by atoms with Crippen molar-refractivity contribution in [3.63, 3.8) is 0 Å². The summed E-state index contributed by atoms with van der Waals surface area (Å²) in [5.74, 6) is -1.93. The van der Waals surface area contributed by atoms with Crippen LogP contribution in [0.3, 0.4) is 0 Å². The Hall–Kier alpha value is -1.06. The van der Waals surface area contributed by atoms with Crippen molar-refractivity contribution in [3.8, 4) is 0 Å². The molecule has 0 saturated carbocycles. The van der Waals surface area contributed by atoms with Crippen LogP contribution < -0.4 is 34.9 Å². The van der Waals surface area contributed by atoms with Gasteiger partial charge in [-0.15, -0.1) is 11.8 Å². The minimum atomic E-state index is -1.52. The first kappa shape index (κ1) is 21.2. The predicted octanol–water partition coefficient (Wildman–Crippen LogP) is -2.05. The third-order valence-electron chi connectivity index (χ3n) is 4.59. The van der Waals surface area contributed by atoms with E-state index in [2.05, 4.69) is 5.32 Å². The molecule has 0 bridgehead atoms. The van der Waals surface area contributed by atoms with Gasteiger partial charge in [-0.3, -0.25) is 9.59 Å². The molecule has 0 aromatic heterocycles. The van der Waals surface area contributed by atoms with Gasteiger partial charge < -0.3 is 21.5 Å². The summed E-state index contributed by atoms with van der Waals surface area (Å²) in [5.41, 5.74) is -0.699. The topological polar surface area (TPSA) is 95.9 Å². The zero-order valence-corrected chi connectivity index (χ0v) is 18.0. The molecule has 2 saturated heterocycles. The summed E-state index contributed by atoms with van der Waals surface area (Å²) >= 11 is 1.32. The van der Waals surface area contributed by atoms with Crippen molar-refractivity contribution in [2.75, 3.05) is 7.11 Å². The Labute approximate surface area is 179 Å². The average Bonchev–Trinajstić information content (AvgIpc) is 2.82. The fourth-order valence-electron chi connectivity index (χ4n) is 3.42. The number of carbonyl (C=O) groups is 3. The maximum atomic E-state index is 12.7. The van der Waals surface area contributed by atoms with Gasteiger partial charge in [0.05, 0.1) is 6.42 Å². The number of nitrogens with one attached hydrogen (secondary N) is 1. The summed E-state index contributed by atoms with van der Waals surface area (Å²) in [6, 6.07) is 8.21. The van der Waals surface area contributed by atoms with Crippen molar-refractivity contribution in [2.45, 2.75) is 42.2 Å². The maximum Gasteiger partial charge on any atom is 1.00 e. The summed E-state index contributed by atoms with van der Waals surface area (Å²) in [7, 11) is 1.35. The number of amides is 2. The van der Waals surface area contributed by atoms with Crippen molar-refractivity contribution in [1.82, 2.24) is 10.2 Å². The van der Waals surface area contributed by atoms with Crippen LogP contribution in [0, 0.1) is 0 Å². The van der Waals surface area contributed by atoms with Gasteiger partial charge in [-0.2, -0.15) is 0 Å². The molecule has 2 aliphatic rings. The molecular formula is C17H21N2NaO5S. The van der Waals surface area contributed by atoms with Gasteiger partial charge in [0.25, 0.3) is 11.6 Å². The van der Waals surface area contributed by atoms with Crippen molar-refractivity contribution < 1.29 is 55.2 Å². The monoisotopic (exact) mass is 388 g/mol. The molecule has 2 aliphatic heterocycles. The van der Waals surface area contributed by atoms with Crippen molar-refractivity contribution >= 4 is 29.5 Å². The Kier molecular flexibility index (Phi) is 6.14. The van der Waals surface area contributed by atoms with Crippen LogP contribution in [0.4, 0.5) is 0 Å². The van der Waals surface area contributed by atoms with Crippen LogP contribution >= 0.6 is 11.8 Å². The molecule has 0 unspecified atom stereocenters. The molecule has 2 N–H and O–H groups in total. The van der Waals surface area contributed by atoms with E-state index in [1.807, 2.05) is 30.3 Å². The molecule has 1 aromatic carbocycles. The number of fused-ring (bicyclic) bond motifs is 1. The molecule has 3 rings (SSSR count). The summed E-state index contributed by atoms with van der Waals surface area (Å²) < 4.78 is 4.71. The van der Waals surface area contributed by atoms with E-state index in [1.54, 1.807) is 13.8 Å². The number of carbonyl (C=O) groups excluding carboxylic acids is 2. The predicted molar refractivity (Wildman–Crippen MR) is 92.9 cm³/mol. The molecule has 26 heavy (non-hydrogen) atoms. The first-order chi connectivity index (χ1) is 11.7. The summed E-state index contributed by atoms with van der Waals surface area (Å²) in [5, 5.41) is 11.6. The number of aliphatic carboxylic acids is 1. The summed E-state index contributed by atoms with van der Waals surface area (Å²) in [4.78, 5) is 38.0. The number of β-lactam (4-membered cyclic amide) rings is 1. The van der Waals surface area contributed by atoms with Gasteiger partial charge in [0.2, 0.25) is 5.91 Å². The number of carboxylic acids is 1. The molecule has 2 heterocycles. The van der Waals surface area contributed by atoms with E-state index in [-0.39, 0.29) is 43.3 Å². The first-order valence-corrected chi connectivity index (χ1v) is 8.74. The van der Waals surface area contributed by atoms with E-state index in [1.165, 1.54) is 23.8 Å². The van der Waals surface area contributed by atoms with Crippen LogP contribution in [0.2, 0.25) is 0 Å². The molecule has 7 nitrogen and oxygen atoms in total. The summed E-state index contributed by atoms with van der Waals surface area (Å²) in [6.45, 7) is 3.54. The average molecular weight is 388 g/mol. The quantitative estimate of drug-likeness (QED) is 0.343. The largest absolute Gasteiger partial charge is 1.00 e. The second kappa shape index (κ2) is 7.52. The van der Waals surface area contributed by atoms with E-state index in [9.17, 15) is 19.5 Å². The molecular weight excluding hydrogens is 367 g/mol. The molecule has 136 valence electrons. The molecule has 3 atom stereocenters. The summed E-state index contributed by atoms with van der Waals surface area (Å²) in [6.07, 6.45) is 0.113. The van der Waals surface area contributed by atoms with Gasteiger partial charge in [0, 0.05) is 11.9 Å². The number of carboxylic acid groups (broad SMARTS) is 1. The van der Waals surface area contributed by atoms with Gasteiger partial charge in [0.1, 0.15) is 11.4 Å². The number of hydrogen-bond donors (Lipinski definition) is 2. The van der Waals surface area contributed by atoms with E-state index in [0.717, 1.165) is 5.56 Å². The molecule has 9 heteroatoms. The Balaban J connectivity index is 0.00000182. The molecule has 0 aliphatic carbocycles. The zero-order valence-electron chi connectivity index (χ0n) is 16.2. The van der Waals surface area contributed by atoms with Gasteiger partial charge in [0.15, 0.2) is 0 Å². The van der Waals surface area contributed by atoms with Crippen LogP contribution in [0.1, 0.15) is 20.8 Å². The number of benzene rings is 1. The number of hydrogen-bond acceptors (Lipinski definition) is 5. The first-order valence-electron chi connectivity index (χ1n) is 7.86. The number of nitrogens with zero attached hydrogens (tertiary/aromatic N) is 1. The third-order valence-corrected chi connectivity index (χ3v) is 6.21. The van der Waals surface area contributed by atoms with E-state index >= 15 is 0 Å². The molecule has 2 amide bonds. The Bertz CT molecular complexity index is 735. The number of thioether (sulfide) groups is 1.